The second-order valence-corrected chi connectivity index (χ2v) is 8.16. The van der Waals surface area contributed by atoms with Crippen molar-refractivity contribution in [2.45, 2.75) is 32.4 Å². The summed E-state index contributed by atoms with van der Waals surface area (Å²) in [5, 5.41) is 8.77. The van der Waals surface area contributed by atoms with E-state index in [1.807, 2.05) is 49.8 Å². The zero-order valence-electron chi connectivity index (χ0n) is 16.9. The second kappa shape index (κ2) is 8.13. The van der Waals surface area contributed by atoms with E-state index in [4.69, 9.17) is 16.4 Å². The first-order valence-corrected chi connectivity index (χ1v) is 10.7. The number of halogens is 1. The van der Waals surface area contributed by atoms with Crippen LogP contribution in [0, 0.1) is 6.92 Å². The molecule has 0 spiro atoms. The van der Waals surface area contributed by atoms with Gasteiger partial charge in [-0.2, -0.15) is 9.83 Å². The van der Waals surface area contributed by atoms with E-state index in [9.17, 15) is 0 Å². The topological polar surface area (TPSA) is 56.9 Å². The molecule has 5 rings (SSSR count). The number of nitrogens with one attached hydrogen (secondary N) is 1. The molecule has 1 aliphatic rings. The lowest BCUT2D eigenvalue weighted by atomic mass is 10.1. The molecule has 1 N–H and O–H groups in total. The summed E-state index contributed by atoms with van der Waals surface area (Å²) >= 11 is 6.23. The van der Waals surface area contributed by atoms with E-state index in [0.717, 1.165) is 64.2 Å². The Morgan fingerprint density at radius 3 is 2.90 bits per heavy atom. The minimum atomic E-state index is 0.439. The molecule has 6 nitrogen and oxygen atoms in total. The number of rotatable bonds is 5. The third kappa shape index (κ3) is 3.68. The number of hydrogen-bond donors (Lipinski definition) is 1. The van der Waals surface area contributed by atoms with Crippen LogP contribution in [0.1, 0.15) is 30.0 Å². The van der Waals surface area contributed by atoms with Gasteiger partial charge in [0.25, 0.3) is 0 Å². The van der Waals surface area contributed by atoms with Crippen molar-refractivity contribution in [3.8, 4) is 11.1 Å². The highest BCUT2D eigenvalue weighted by Crippen LogP contribution is 2.26. The highest BCUT2D eigenvalue weighted by atomic mass is 35.5. The Morgan fingerprint density at radius 1 is 1.17 bits per heavy atom. The average molecular weight is 422 g/mol. The maximum atomic E-state index is 6.23. The molecule has 4 aromatic rings. The van der Waals surface area contributed by atoms with Gasteiger partial charge in [-0.1, -0.05) is 23.7 Å². The van der Waals surface area contributed by atoms with Gasteiger partial charge in [-0.3, -0.25) is 9.67 Å². The largest absolute Gasteiger partial charge is 0.409 e. The van der Waals surface area contributed by atoms with Gasteiger partial charge in [-0.15, -0.1) is 0 Å². The Labute approximate surface area is 180 Å². The first kappa shape index (κ1) is 19.2. The number of aromatic nitrogens is 4. The number of fused-ring (bicyclic) bond motifs is 1. The molecule has 0 aliphatic carbocycles. The minimum absolute atomic E-state index is 0.439. The summed E-state index contributed by atoms with van der Waals surface area (Å²) in [7, 11) is 0. The van der Waals surface area contributed by atoms with E-state index in [-0.39, 0.29) is 0 Å². The zero-order chi connectivity index (χ0) is 20.5. The van der Waals surface area contributed by atoms with Crippen LogP contribution in [0.25, 0.3) is 22.2 Å². The fraction of sp³-hybridized carbons (Fsp3) is 0.304. The molecule has 1 fully saturated rings. The van der Waals surface area contributed by atoms with Crippen LogP contribution in [0.2, 0.25) is 5.02 Å². The van der Waals surface area contributed by atoms with Crippen molar-refractivity contribution in [1.29, 1.82) is 0 Å². The van der Waals surface area contributed by atoms with Crippen LogP contribution < -0.4 is 10.2 Å². The van der Waals surface area contributed by atoms with Gasteiger partial charge in [0, 0.05) is 34.7 Å². The van der Waals surface area contributed by atoms with E-state index >= 15 is 0 Å². The predicted molar refractivity (Wildman–Crippen MR) is 119 cm³/mol. The monoisotopic (exact) mass is 421 g/mol. The fourth-order valence-corrected chi connectivity index (χ4v) is 4.16. The summed E-state index contributed by atoms with van der Waals surface area (Å²) < 4.78 is 3.88. The average Bonchev–Trinajstić information content (AvgIpc) is 3.42. The Hall–Kier alpha value is -2.83. The highest BCUT2D eigenvalue weighted by Gasteiger charge is 2.16. The molecule has 0 amide bonds. The summed E-state index contributed by atoms with van der Waals surface area (Å²) in [6.45, 7) is 4.54. The van der Waals surface area contributed by atoms with Crippen LogP contribution in [-0.2, 0) is 6.61 Å². The summed E-state index contributed by atoms with van der Waals surface area (Å²) in [5.74, 6) is 0. The molecular weight excluding hydrogens is 398 g/mol. The van der Waals surface area contributed by atoms with Gasteiger partial charge in [0.15, 0.2) is 0 Å². The smallest absolute Gasteiger partial charge is 0.140 e. The number of nitrogens with zero attached hydrogens (tertiary/aromatic N) is 4. The van der Waals surface area contributed by atoms with Gasteiger partial charge in [-0.25, -0.2) is 0 Å². The standard InChI is InChI=1S/C23H24ClN5O/c1-16-17(3-2-4-21(16)24)15-30-29-10-7-22-23(29)11-18(12-26-22)19-13-27-28(14-19)20-5-8-25-9-6-20/h2-4,7,10-14,20,25H,5-6,8-9,15H2,1H3. The summed E-state index contributed by atoms with van der Waals surface area (Å²) in [6, 6.07) is 10.4. The Balaban J connectivity index is 1.39. The number of benzene rings is 1. The lowest BCUT2D eigenvalue weighted by molar-refractivity contribution is 0.107. The first-order valence-electron chi connectivity index (χ1n) is 10.3. The quantitative estimate of drug-likeness (QED) is 0.518. The van der Waals surface area contributed by atoms with Crippen LogP contribution in [0.5, 0.6) is 0 Å². The van der Waals surface area contributed by atoms with Crippen molar-refractivity contribution in [1.82, 2.24) is 24.8 Å². The Bertz CT molecular complexity index is 1180. The summed E-state index contributed by atoms with van der Waals surface area (Å²) in [6.07, 6.45) is 10.1. The van der Waals surface area contributed by atoms with Crippen molar-refractivity contribution < 1.29 is 4.84 Å². The molecule has 0 saturated carbocycles. The lowest BCUT2D eigenvalue weighted by Crippen LogP contribution is -2.29. The molecule has 7 heteroatoms. The van der Waals surface area contributed by atoms with Gasteiger partial charge in [0.1, 0.15) is 12.1 Å². The number of pyridine rings is 1. The molecule has 0 bridgehead atoms. The highest BCUT2D eigenvalue weighted by molar-refractivity contribution is 6.31. The third-order valence-electron chi connectivity index (χ3n) is 5.86. The maximum absolute atomic E-state index is 6.23. The van der Waals surface area contributed by atoms with Crippen molar-refractivity contribution in [2.75, 3.05) is 13.1 Å². The lowest BCUT2D eigenvalue weighted by Gasteiger charge is -2.22. The molecule has 1 aromatic carbocycles. The molecular formula is C23H24ClN5O. The molecule has 3 aromatic heterocycles. The van der Waals surface area contributed by atoms with Crippen molar-refractivity contribution in [3.05, 3.63) is 71.3 Å². The molecule has 0 atom stereocenters. The van der Waals surface area contributed by atoms with Crippen LogP contribution in [-0.4, -0.2) is 32.6 Å². The normalized spacial score (nSPS) is 15.0. The van der Waals surface area contributed by atoms with Crippen LogP contribution >= 0.6 is 11.6 Å². The van der Waals surface area contributed by atoms with Gasteiger partial charge in [0.2, 0.25) is 0 Å². The van der Waals surface area contributed by atoms with E-state index in [1.54, 1.807) is 4.73 Å². The summed E-state index contributed by atoms with van der Waals surface area (Å²) in [5.41, 5.74) is 6.04. The minimum Gasteiger partial charge on any atom is -0.409 e. The Morgan fingerprint density at radius 2 is 2.03 bits per heavy atom. The van der Waals surface area contributed by atoms with E-state index in [0.29, 0.717) is 12.6 Å². The van der Waals surface area contributed by atoms with Gasteiger partial charge >= 0.3 is 0 Å². The SMILES string of the molecule is Cc1c(Cl)cccc1COn1ccc2ncc(-c3cnn(C4CCNCC4)c3)cc21. The second-order valence-electron chi connectivity index (χ2n) is 7.76. The van der Waals surface area contributed by atoms with Crippen molar-refractivity contribution in [2.24, 2.45) is 0 Å². The van der Waals surface area contributed by atoms with Crippen molar-refractivity contribution in [3.63, 3.8) is 0 Å². The molecule has 1 saturated heterocycles. The van der Waals surface area contributed by atoms with Gasteiger partial charge in [-0.05, 0) is 62.2 Å². The molecule has 4 heterocycles. The number of hydrogen-bond acceptors (Lipinski definition) is 4. The number of piperidine rings is 1. The third-order valence-corrected chi connectivity index (χ3v) is 6.27. The predicted octanol–water partition coefficient (Wildman–Crippen LogP) is 4.41. The fourth-order valence-electron chi connectivity index (χ4n) is 3.96. The summed E-state index contributed by atoms with van der Waals surface area (Å²) in [4.78, 5) is 10.7. The van der Waals surface area contributed by atoms with E-state index in [1.165, 1.54) is 0 Å². The molecule has 0 unspecified atom stereocenters. The molecule has 1 aliphatic heterocycles. The van der Waals surface area contributed by atoms with Gasteiger partial charge in [0.05, 0.1) is 17.8 Å². The van der Waals surface area contributed by atoms with Crippen LogP contribution in [0.3, 0.4) is 0 Å². The van der Waals surface area contributed by atoms with E-state index < -0.39 is 0 Å². The van der Waals surface area contributed by atoms with Crippen LogP contribution in [0.15, 0.2) is 55.1 Å². The molecule has 30 heavy (non-hydrogen) atoms. The van der Waals surface area contributed by atoms with Gasteiger partial charge < -0.3 is 10.2 Å². The molecule has 0 radical (unpaired) electrons. The first-order chi connectivity index (χ1) is 14.7. The van der Waals surface area contributed by atoms with E-state index in [2.05, 4.69) is 32.3 Å². The zero-order valence-corrected chi connectivity index (χ0v) is 17.6. The Kier molecular flexibility index (Phi) is 5.19. The van der Waals surface area contributed by atoms with Crippen molar-refractivity contribution >= 4 is 22.6 Å². The maximum Gasteiger partial charge on any atom is 0.140 e. The molecule has 154 valence electrons. The van der Waals surface area contributed by atoms with Crippen LogP contribution in [0.4, 0.5) is 0 Å².